The predicted molar refractivity (Wildman–Crippen MR) is 47.2 cm³/mol. The summed E-state index contributed by atoms with van der Waals surface area (Å²) in [4.78, 5) is 30.7. The van der Waals surface area contributed by atoms with E-state index in [-0.39, 0.29) is 18.9 Å². The van der Waals surface area contributed by atoms with Gasteiger partial charge in [-0.05, 0) is 0 Å². The quantitative estimate of drug-likeness (QED) is 0.220. The molecule has 92 valence electrons. The molecule has 0 aliphatic carbocycles. The molecule has 0 fully saturated rings. The van der Waals surface area contributed by atoms with Crippen molar-refractivity contribution in [3.8, 4) is 0 Å². The third-order valence-electron chi connectivity index (χ3n) is 2.01. The van der Waals surface area contributed by atoms with E-state index in [1.54, 1.807) is 0 Å². The number of hydrogen-bond acceptors (Lipinski definition) is 8. The average Bonchev–Trinajstić information content (AvgIpc) is 2.33. The van der Waals surface area contributed by atoms with Crippen molar-refractivity contribution in [1.29, 1.82) is 0 Å². The van der Waals surface area contributed by atoms with E-state index in [4.69, 9.17) is 15.3 Å². The molecule has 8 heteroatoms. The monoisotopic (exact) mass is 236 g/mol. The van der Waals surface area contributed by atoms with Gasteiger partial charge in [0.1, 0.15) is 24.4 Å². The summed E-state index contributed by atoms with van der Waals surface area (Å²) in [7, 11) is 0. The average molecular weight is 236 g/mol. The number of aliphatic hydroxyl groups excluding tert-OH is 4. The molecule has 4 atom stereocenters. The summed E-state index contributed by atoms with van der Waals surface area (Å²) in [6.45, 7) is 0. The number of hydrogen-bond donors (Lipinski definition) is 5. The maximum Gasteiger partial charge on any atom is 0.203 e. The van der Waals surface area contributed by atoms with Crippen LogP contribution in [0.2, 0.25) is 0 Å². The van der Waals surface area contributed by atoms with Crippen molar-refractivity contribution in [2.75, 3.05) is 0 Å². The summed E-state index contributed by atoms with van der Waals surface area (Å²) in [6.07, 6.45) is -9.58. The second-order valence-electron chi connectivity index (χ2n) is 3.18. The van der Waals surface area contributed by atoms with Gasteiger partial charge in [0, 0.05) is 0 Å². The van der Waals surface area contributed by atoms with E-state index in [1.807, 2.05) is 0 Å². The van der Waals surface area contributed by atoms with Gasteiger partial charge in [-0.2, -0.15) is 0 Å². The zero-order valence-electron chi connectivity index (χ0n) is 8.00. The van der Waals surface area contributed by atoms with Crippen LogP contribution >= 0.6 is 0 Å². The first-order chi connectivity index (χ1) is 7.33. The maximum absolute atomic E-state index is 10.3. The number of rotatable bonds is 7. The van der Waals surface area contributed by atoms with Crippen molar-refractivity contribution in [3.05, 3.63) is 0 Å². The molecule has 0 aromatic heterocycles. The highest BCUT2D eigenvalue weighted by atomic mass is 16.4. The van der Waals surface area contributed by atoms with Gasteiger partial charge in [-0.25, -0.2) is 0 Å². The Morgan fingerprint density at radius 3 is 1.62 bits per heavy atom. The van der Waals surface area contributed by atoms with E-state index in [2.05, 4.69) is 0 Å². The number of carbonyl (C=O) groups excluding carboxylic acids is 3. The van der Waals surface area contributed by atoms with E-state index in [0.717, 1.165) is 0 Å². The van der Waals surface area contributed by atoms with Crippen molar-refractivity contribution in [1.82, 2.24) is 0 Å². The molecule has 16 heavy (non-hydrogen) atoms. The van der Waals surface area contributed by atoms with Gasteiger partial charge in [-0.15, -0.1) is 0 Å². The fraction of sp³-hybridized carbons (Fsp3) is 0.625. The molecular weight excluding hydrogens is 224 g/mol. The Morgan fingerprint density at radius 2 is 1.31 bits per heavy atom. The molecule has 0 aromatic rings. The van der Waals surface area contributed by atoms with Crippen LogP contribution in [0.15, 0.2) is 0 Å². The molecule has 0 amide bonds. The summed E-state index contributed by atoms with van der Waals surface area (Å²) in [6, 6.07) is 0. The minimum atomic E-state index is -2.91. The number of aldehydes is 3. The molecule has 0 spiro atoms. The van der Waals surface area contributed by atoms with Crippen molar-refractivity contribution in [3.63, 3.8) is 0 Å². The van der Waals surface area contributed by atoms with E-state index in [0.29, 0.717) is 0 Å². The zero-order valence-corrected chi connectivity index (χ0v) is 8.00. The number of carbonyl (C=O) groups is 3. The van der Waals surface area contributed by atoms with Crippen LogP contribution in [-0.4, -0.2) is 74.4 Å². The summed E-state index contributed by atoms with van der Waals surface area (Å²) in [5.41, 5.74) is -2.91. The number of aliphatic hydroxyl groups is 5. The van der Waals surface area contributed by atoms with Gasteiger partial charge >= 0.3 is 0 Å². The molecule has 0 aliphatic rings. The van der Waals surface area contributed by atoms with Crippen molar-refractivity contribution in [2.45, 2.75) is 30.0 Å². The van der Waals surface area contributed by atoms with Crippen LogP contribution in [0.4, 0.5) is 0 Å². The van der Waals surface area contributed by atoms with Gasteiger partial charge in [-0.1, -0.05) is 0 Å². The van der Waals surface area contributed by atoms with Crippen molar-refractivity contribution in [2.24, 2.45) is 0 Å². The first kappa shape index (κ1) is 14.8. The normalized spacial score (nSPS) is 19.3. The highest BCUT2D eigenvalue weighted by Gasteiger charge is 2.44. The Kier molecular flexibility index (Phi) is 5.35. The molecule has 0 rings (SSSR count). The van der Waals surface area contributed by atoms with Crippen LogP contribution in [0, 0.1) is 0 Å². The highest BCUT2D eigenvalue weighted by molar-refractivity contribution is 5.88. The molecule has 0 radical (unpaired) electrons. The largest absolute Gasteiger partial charge is 0.387 e. The fourth-order valence-electron chi connectivity index (χ4n) is 0.910. The topological polar surface area (TPSA) is 152 Å². The van der Waals surface area contributed by atoms with Crippen LogP contribution in [0.1, 0.15) is 0 Å². The second-order valence-corrected chi connectivity index (χ2v) is 3.18. The van der Waals surface area contributed by atoms with Crippen LogP contribution in [0.5, 0.6) is 0 Å². The lowest BCUT2D eigenvalue weighted by molar-refractivity contribution is -0.172. The molecule has 0 unspecified atom stereocenters. The second kappa shape index (κ2) is 5.77. The van der Waals surface area contributed by atoms with E-state index in [1.165, 1.54) is 0 Å². The third-order valence-corrected chi connectivity index (χ3v) is 2.01. The molecule has 5 N–H and O–H groups in total. The Hall–Kier alpha value is -1.19. The van der Waals surface area contributed by atoms with Gasteiger partial charge < -0.3 is 30.3 Å². The van der Waals surface area contributed by atoms with Crippen LogP contribution in [0.25, 0.3) is 0 Å². The van der Waals surface area contributed by atoms with Gasteiger partial charge in [0.25, 0.3) is 0 Å². The Labute approximate surface area is 89.7 Å². The molecule has 0 saturated carbocycles. The Balaban J connectivity index is 4.84. The van der Waals surface area contributed by atoms with E-state index >= 15 is 0 Å². The molecule has 8 nitrogen and oxygen atoms in total. The smallest absolute Gasteiger partial charge is 0.203 e. The standard InChI is InChI=1S/C8H12O8/c9-1-4(12)5(13)6(14)7(15)8(16,2-10)3-11/h1-7,12-16H/t4-,5+,6-,7-/m0/s1. The molecule has 0 aliphatic heterocycles. The van der Waals surface area contributed by atoms with E-state index < -0.39 is 30.0 Å². The van der Waals surface area contributed by atoms with Crippen molar-refractivity contribution >= 4 is 18.9 Å². The summed E-state index contributed by atoms with van der Waals surface area (Å²) in [5, 5.41) is 45.4. The fourth-order valence-corrected chi connectivity index (χ4v) is 0.910. The van der Waals surface area contributed by atoms with E-state index in [9.17, 15) is 24.6 Å². The lowest BCUT2D eigenvalue weighted by atomic mass is 9.91. The van der Waals surface area contributed by atoms with Gasteiger partial charge in [-0.3, -0.25) is 9.59 Å². The lowest BCUT2D eigenvalue weighted by Gasteiger charge is -2.29. The van der Waals surface area contributed by atoms with Crippen molar-refractivity contribution < 1.29 is 39.9 Å². The molecule has 0 bridgehead atoms. The molecule has 0 saturated heterocycles. The van der Waals surface area contributed by atoms with Crippen LogP contribution in [-0.2, 0) is 14.4 Å². The summed E-state index contributed by atoms with van der Waals surface area (Å²) >= 11 is 0. The van der Waals surface area contributed by atoms with Crippen LogP contribution in [0.3, 0.4) is 0 Å². The third kappa shape index (κ3) is 2.90. The van der Waals surface area contributed by atoms with Gasteiger partial charge in [0.15, 0.2) is 18.9 Å². The highest BCUT2D eigenvalue weighted by Crippen LogP contribution is 2.13. The molecular formula is C8H12O8. The molecule has 0 aromatic carbocycles. The predicted octanol–water partition coefficient (Wildman–Crippen LogP) is -4.24. The first-order valence-electron chi connectivity index (χ1n) is 4.16. The van der Waals surface area contributed by atoms with Crippen LogP contribution < -0.4 is 0 Å². The maximum atomic E-state index is 10.3. The Bertz CT molecular complexity index is 257. The SMILES string of the molecule is O=C[C@H](O)[C@@H](O)[C@H](O)[C@H](O)C(O)(C=O)C=O. The van der Waals surface area contributed by atoms with Gasteiger partial charge in [0.2, 0.25) is 5.60 Å². The minimum Gasteiger partial charge on any atom is -0.387 e. The minimum absolute atomic E-state index is 0.124. The van der Waals surface area contributed by atoms with Gasteiger partial charge in [0.05, 0.1) is 0 Å². The summed E-state index contributed by atoms with van der Waals surface area (Å²) in [5.74, 6) is 0. The Morgan fingerprint density at radius 1 is 0.875 bits per heavy atom. The molecule has 0 heterocycles. The summed E-state index contributed by atoms with van der Waals surface area (Å²) < 4.78 is 0. The zero-order chi connectivity index (χ0) is 12.9. The first-order valence-corrected chi connectivity index (χ1v) is 4.16. The lowest BCUT2D eigenvalue weighted by Crippen LogP contribution is -2.57.